The normalized spacial score (nSPS) is 17.1. The third kappa shape index (κ3) is 4.63. The number of hydrogen-bond acceptors (Lipinski definition) is 2. The first kappa shape index (κ1) is 41.1. The molecule has 0 amide bonds. The van der Waals surface area contributed by atoms with Crippen LogP contribution >= 0.6 is 0 Å². The first-order valence-electron chi connectivity index (χ1n) is 8.73. The molecule has 0 unspecified atom stereocenters. The summed E-state index contributed by atoms with van der Waals surface area (Å²) < 4.78 is 371. The maximum absolute atomic E-state index is 13.6. The van der Waals surface area contributed by atoms with Crippen molar-refractivity contribution in [3.63, 3.8) is 0 Å². The smallest absolute Gasteiger partial charge is 0.281 e. The van der Waals surface area contributed by atoms with Crippen molar-refractivity contribution in [3.8, 4) is 0 Å². The van der Waals surface area contributed by atoms with Crippen LogP contribution in [0.3, 0.4) is 0 Å². The number of halogens is 26. The Kier molecular flexibility index (Phi) is 9.36. The molecule has 43 heavy (non-hydrogen) atoms. The molecule has 0 radical (unpaired) electrons. The molecule has 0 aliphatic carbocycles. The predicted octanol–water partition coefficient (Wildman–Crippen LogP) is 7.72. The fraction of sp³-hybridized carbons (Fsp3) is 1.00. The molecule has 0 aromatic rings. The lowest BCUT2D eigenvalue weighted by molar-refractivity contribution is -0.478. The van der Waals surface area contributed by atoms with Crippen molar-refractivity contribution in [2.45, 2.75) is 76.8 Å². The second-order valence-electron chi connectivity index (χ2n) is 7.66. The summed E-state index contributed by atoms with van der Waals surface area (Å²) in [5.74, 6) is -103. The van der Waals surface area contributed by atoms with E-state index in [9.17, 15) is 123 Å². The van der Waals surface area contributed by atoms with Crippen LogP contribution in [0.1, 0.15) is 0 Å². The first-order chi connectivity index (χ1) is 17.9. The van der Waals surface area contributed by atoms with E-state index in [-0.39, 0.29) is 0 Å². The fourth-order valence-electron chi connectivity index (χ4n) is 2.27. The van der Waals surface area contributed by atoms with Gasteiger partial charge < -0.3 is 0 Å². The standard InChI is InChI=1S/C13H2F26O3S/c14-1(15)2(16,17)3(18,19)4(20,21)5(22,23)6(24,25)7(26,27)8(28,29)9(30,31)10(32,33)11(34,35)12(36,37)13(38,39)43(40,41)42/h1H,(H,40,41,42). The average molecular weight is 732 g/mol. The van der Waals surface area contributed by atoms with Crippen LogP contribution in [0.4, 0.5) is 114 Å². The molecule has 0 atom stereocenters. The SMILES string of the molecule is O=S(=O)(O)C(F)(F)C(F)(F)C(F)(F)C(F)(F)C(F)(F)C(F)(F)C(F)(F)C(F)(F)C(F)(F)C(F)(F)C(F)(F)C(F)(F)C(F)F. The molecule has 0 saturated heterocycles. The average Bonchev–Trinajstić information content (AvgIpc) is 2.76. The van der Waals surface area contributed by atoms with Gasteiger partial charge in [-0.1, -0.05) is 0 Å². The Morgan fingerprint density at radius 1 is 0.349 bits per heavy atom. The number of rotatable bonds is 13. The fourth-order valence-corrected chi connectivity index (χ4v) is 2.72. The summed E-state index contributed by atoms with van der Waals surface area (Å²) in [7, 11) is -8.27. The number of hydrogen-bond donors (Lipinski definition) is 1. The van der Waals surface area contributed by atoms with Crippen LogP contribution < -0.4 is 0 Å². The van der Waals surface area contributed by atoms with Crippen LogP contribution in [0.25, 0.3) is 0 Å². The highest BCUT2D eigenvalue weighted by Crippen LogP contribution is 2.68. The molecule has 1 N–H and O–H groups in total. The molecule has 30 heteroatoms. The van der Waals surface area contributed by atoms with E-state index >= 15 is 0 Å². The summed E-state index contributed by atoms with van der Waals surface area (Å²) in [5, 5.41) is -8.25. The Labute approximate surface area is 215 Å². The Morgan fingerprint density at radius 3 is 0.674 bits per heavy atom. The van der Waals surface area contributed by atoms with Gasteiger partial charge >= 0.3 is 86.9 Å². The molecule has 3 nitrogen and oxygen atoms in total. The van der Waals surface area contributed by atoms with Gasteiger partial charge in [0.2, 0.25) is 0 Å². The zero-order valence-corrected chi connectivity index (χ0v) is 18.9. The second-order valence-corrected chi connectivity index (χ2v) is 9.12. The van der Waals surface area contributed by atoms with Crippen molar-refractivity contribution in [2.24, 2.45) is 0 Å². The highest BCUT2D eigenvalue weighted by atomic mass is 32.2. The van der Waals surface area contributed by atoms with Crippen LogP contribution in [-0.4, -0.2) is 89.8 Å². The van der Waals surface area contributed by atoms with Crippen LogP contribution in [0.5, 0.6) is 0 Å². The second kappa shape index (κ2) is 9.79. The van der Waals surface area contributed by atoms with E-state index < -0.39 is 86.9 Å². The minimum absolute atomic E-state index is 6.37. The molecule has 0 fully saturated rings. The molecule has 0 aromatic heterocycles. The summed E-state index contributed by atoms with van der Waals surface area (Å²) in [6.45, 7) is 0. The van der Waals surface area contributed by atoms with Gasteiger partial charge in [-0.3, -0.25) is 4.55 Å². The summed E-state index contributed by atoms with van der Waals surface area (Å²) in [6.07, 6.45) is -6.37. The lowest BCUT2D eigenvalue weighted by Gasteiger charge is -2.45. The van der Waals surface area contributed by atoms with Gasteiger partial charge in [-0.15, -0.1) is 0 Å². The molecule has 0 aromatic carbocycles. The van der Waals surface area contributed by atoms with E-state index in [0.717, 1.165) is 0 Å². The maximum atomic E-state index is 13.6. The van der Waals surface area contributed by atoms with Gasteiger partial charge in [0.25, 0.3) is 0 Å². The summed E-state index contributed by atoms with van der Waals surface area (Å²) in [6, 6.07) is 0. The van der Waals surface area contributed by atoms with Crippen LogP contribution in [0, 0.1) is 0 Å². The van der Waals surface area contributed by atoms with Crippen LogP contribution in [0.2, 0.25) is 0 Å². The Bertz CT molecular complexity index is 1150. The number of alkyl halides is 26. The van der Waals surface area contributed by atoms with Crippen molar-refractivity contribution in [1.82, 2.24) is 0 Å². The molecular weight excluding hydrogens is 730 g/mol. The van der Waals surface area contributed by atoms with Gasteiger partial charge in [-0.25, -0.2) is 8.78 Å². The minimum Gasteiger partial charge on any atom is -0.281 e. The van der Waals surface area contributed by atoms with Crippen LogP contribution in [-0.2, 0) is 10.1 Å². The highest BCUT2D eigenvalue weighted by Gasteiger charge is 3.00. The third-order valence-electron chi connectivity index (χ3n) is 4.93. The molecule has 0 bridgehead atoms. The van der Waals surface area contributed by atoms with Crippen molar-refractivity contribution in [2.75, 3.05) is 0 Å². The van der Waals surface area contributed by atoms with E-state index in [0.29, 0.717) is 0 Å². The predicted molar refractivity (Wildman–Crippen MR) is 76.9 cm³/mol. The molecule has 0 aliphatic heterocycles. The zero-order valence-electron chi connectivity index (χ0n) is 18.1. The molecule has 0 rings (SSSR count). The Hall–Kier alpha value is -1.91. The quantitative estimate of drug-likeness (QED) is 0.156. The van der Waals surface area contributed by atoms with E-state index in [4.69, 9.17) is 4.55 Å². The van der Waals surface area contributed by atoms with Crippen molar-refractivity contribution in [3.05, 3.63) is 0 Å². The van der Waals surface area contributed by atoms with Gasteiger partial charge in [0.1, 0.15) is 0 Å². The monoisotopic (exact) mass is 732 g/mol. The zero-order chi connectivity index (χ0) is 36.1. The third-order valence-corrected chi connectivity index (χ3v) is 5.84. The molecule has 0 aliphatic rings. The largest absolute Gasteiger partial charge is 0.438 e. The first-order valence-corrected chi connectivity index (χ1v) is 10.2. The van der Waals surface area contributed by atoms with Gasteiger partial charge in [0, 0.05) is 0 Å². The summed E-state index contributed by atoms with van der Waals surface area (Å²) >= 11 is 0. The summed E-state index contributed by atoms with van der Waals surface area (Å²) in [4.78, 5) is 0. The molecular formula is C13H2F26O3S. The van der Waals surface area contributed by atoms with Gasteiger partial charge in [0.05, 0.1) is 0 Å². The Morgan fingerprint density at radius 2 is 0.512 bits per heavy atom. The lowest BCUT2D eigenvalue weighted by Crippen LogP contribution is -2.78. The Balaban J connectivity index is 7.51. The van der Waals surface area contributed by atoms with Crippen LogP contribution in [0.15, 0.2) is 0 Å². The minimum atomic E-state index is -9.82. The molecule has 0 spiro atoms. The molecule has 0 saturated carbocycles. The molecule has 0 heterocycles. The van der Waals surface area contributed by atoms with Gasteiger partial charge in [0.15, 0.2) is 0 Å². The lowest BCUT2D eigenvalue weighted by atomic mass is 9.84. The van der Waals surface area contributed by atoms with E-state index in [1.807, 2.05) is 0 Å². The topological polar surface area (TPSA) is 54.4 Å². The van der Waals surface area contributed by atoms with E-state index in [1.54, 1.807) is 0 Å². The summed E-state index contributed by atoms with van der Waals surface area (Å²) in [5.41, 5.74) is 0. The van der Waals surface area contributed by atoms with Crippen molar-refractivity contribution >= 4 is 10.1 Å². The van der Waals surface area contributed by atoms with Crippen molar-refractivity contribution in [1.29, 1.82) is 0 Å². The van der Waals surface area contributed by atoms with Gasteiger partial charge in [-0.2, -0.15) is 114 Å². The van der Waals surface area contributed by atoms with E-state index in [2.05, 4.69) is 0 Å². The molecule has 260 valence electrons. The highest BCUT2D eigenvalue weighted by molar-refractivity contribution is 7.87. The maximum Gasteiger partial charge on any atom is 0.438 e. The van der Waals surface area contributed by atoms with Crippen molar-refractivity contribution < 1.29 is 127 Å². The van der Waals surface area contributed by atoms with E-state index in [1.165, 1.54) is 0 Å². The van der Waals surface area contributed by atoms with Gasteiger partial charge in [-0.05, 0) is 0 Å².